The van der Waals surface area contributed by atoms with Gasteiger partial charge in [0.25, 0.3) is 0 Å². The number of hydrogen-bond donors (Lipinski definition) is 0. The molecule has 0 aliphatic rings. The molecular weight excluding hydrogens is 212 g/mol. The van der Waals surface area contributed by atoms with E-state index in [1.165, 1.54) is 0 Å². The zero-order chi connectivity index (χ0) is 10.8. The molecule has 2 aromatic rings. The normalized spacial score (nSPS) is 10.3. The summed E-state index contributed by atoms with van der Waals surface area (Å²) in [5.74, 6) is 0.631. The summed E-state index contributed by atoms with van der Waals surface area (Å²) in [6.07, 6.45) is 4.90. The molecule has 0 N–H and O–H groups in total. The van der Waals surface area contributed by atoms with Gasteiger partial charge in [0.05, 0.1) is 11.9 Å². The van der Waals surface area contributed by atoms with Crippen molar-refractivity contribution < 1.29 is 0 Å². The molecule has 15 heavy (non-hydrogen) atoms. The van der Waals surface area contributed by atoms with Gasteiger partial charge < -0.3 is 0 Å². The lowest BCUT2D eigenvalue weighted by molar-refractivity contribution is 1.02. The smallest absolute Gasteiger partial charge is 0.136 e. The zero-order valence-corrected chi connectivity index (χ0v) is 9.15. The second kappa shape index (κ2) is 3.90. The van der Waals surface area contributed by atoms with Gasteiger partial charge in [-0.15, -0.1) is 0 Å². The lowest BCUT2D eigenvalue weighted by Crippen LogP contribution is -1.98. The minimum Gasteiger partial charge on any atom is -0.261 e. The van der Waals surface area contributed by atoms with Crippen molar-refractivity contribution in [1.82, 2.24) is 19.9 Å². The van der Waals surface area contributed by atoms with Crippen LogP contribution >= 0.6 is 11.6 Å². The summed E-state index contributed by atoms with van der Waals surface area (Å²) in [7, 11) is 0. The van der Waals surface area contributed by atoms with Gasteiger partial charge in [0.1, 0.15) is 16.7 Å². The van der Waals surface area contributed by atoms with Crippen LogP contribution in [0.25, 0.3) is 11.4 Å². The van der Waals surface area contributed by atoms with Crippen LogP contribution in [0.4, 0.5) is 0 Å². The van der Waals surface area contributed by atoms with Crippen LogP contribution in [-0.4, -0.2) is 19.9 Å². The molecule has 0 saturated heterocycles. The second-order valence-electron chi connectivity index (χ2n) is 3.13. The van der Waals surface area contributed by atoms with Crippen LogP contribution in [-0.2, 0) is 0 Å². The standard InChI is InChI=1S/C10H9ClN4/c1-6-9(8-5-12-3-4-13-8)14-7(2)15-10(6)11/h3-5H,1-2H3. The Bertz CT molecular complexity index is 484. The Morgan fingerprint density at radius 3 is 2.60 bits per heavy atom. The predicted molar refractivity (Wildman–Crippen MR) is 57.5 cm³/mol. The summed E-state index contributed by atoms with van der Waals surface area (Å²) in [6.45, 7) is 3.66. The van der Waals surface area contributed by atoms with E-state index in [1.54, 1.807) is 25.5 Å². The average Bonchev–Trinajstić information content (AvgIpc) is 2.24. The minimum atomic E-state index is 0.461. The molecule has 76 valence electrons. The maximum atomic E-state index is 5.97. The highest BCUT2D eigenvalue weighted by Gasteiger charge is 2.10. The first-order valence-corrected chi connectivity index (χ1v) is 4.83. The first kappa shape index (κ1) is 9.98. The third-order valence-corrected chi connectivity index (χ3v) is 2.37. The van der Waals surface area contributed by atoms with E-state index < -0.39 is 0 Å². The van der Waals surface area contributed by atoms with Gasteiger partial charge in [0, 0.05) is 18.0 Å². The van der Waals surface area contributed by atoms with Gasteiger partial charge in [-0.3, -0.25) is 9.97 Å². The molecule has 0 fully saturated rings. The monoisotopic (exact) mass is 220 g/mol. The lowest BCUT2D eigenvalue weighted by atomic mass is 10.2. The molecule has 0 bridgehead atoms. The number of nitrogens with zero attached hydrogens (tertiary/aromatic N) is 4. The second-order valence-corrected chi connectivity index (χ2v) is 3.48. The summed E-state index contributed by atoms with van der Waals surface area (Å²) >= 11 is 5.97. The van der Waals surface area contributed by atoms with Crippen LogP contribution in [0.1, 0.15) is 11.4 Å². The largest absolute Gasteiger partial charge is 0.261 e. The average molecular weight is 221 g/mol. The van der Waals surface area contributed by atoms with Gasteiger partial charge in [-0.05, 0) is 13.8 Å². The van der Waals surface area contributed by atoms with E-state index in [0.29, 0.717) is 16.7 Å². The Morgan fingerprint density at radius 2 is 1.93 bits per heavy atom. The van der Waals surface area contributed by atoms with Crippen molar-refractivity contribution in [3.63, 3.8) is 0 Å². The van der Waals surface area contributed by atoms with Gasteiger partial charge in [-0.2, -0.15) is 0 Å². The van der Waals surface area contributed by atoms with E-state index >= 15 is 0 Å². The van der Waals surface area contributed by atoms with E-state index in [-0.39, 0.29) is 0 Å². The van der Waals surface area contributed by atoms with Gasteiger partial charge in [-0.1, -0.05) is 11.6 Å². The molecule has 0 unspecified atom stereocenters. The molecule has 0 aromatic carbocycles. The zero-order valence-electron chi connectivity index (χ0n) is 8.40. The Hall–Kier alpha value is -1.55. The molecule has 2 rings (SSSR count). The fourth-order valence-corrected chi connectivity index (χ4v) is 1.48. The van der Waals surface area contributed by atoms with Crippen molar-refractivity contribution in [2.75, 3.05) is 0 Å². The van der Waals surface area contributed by atoms with Crippen LogP contribution in [0.3, 0.4) is 0 Å². The van der Waals surface area contributed by atoms with Gasteiger partial charge >= 0.3 is 0 Å². The number of aryl methyl sites for hydroxylation is 1. The van der Waals surface area contributed by atoms with Crippen molar-refractivity contribution in [3.8, 4) is 11.4 Å². The molecule has 0 amide bonds. The van der Waals surface area contributed by atoms with E-state index in [0.717, 1.165) is 11.3 Å². The maximum Gasteiger partial charge on any atom is 0.136 e. The Balaban J connectivity index is 2.63. The SMILES string of the molecule is Cc1nc(Cl)c(C)c(-c2cnccn2)n1. The van der Waals surface area contributed by atoms with Crippen molar-refractivity contribution in [1.29, 1.82) is 0 Å². The number of hydrogen-bond acceptors (Lipinski definition) is 4. The van der Waals surface area contributed by atoms with E-state index in [2.05, 4.69) is 19.9 Å². The highest BCUT2D eigenvalue weighted by molar-refractivity contribution is 6.30. The molecule has 0 aliphatic heterocycles. The third kappa shape index (κ3) is 1.94. The van der Waals surface area contributed by atoms with Crippen molar-refractivity contribution >= 4 is 11.6 Å². The number of aromatic nitrogens is 4. The van der Waals surface area contributed by atoms with Gasteiger partial charge in [-0.25, -0.2) is 9.97 Å². The summed E-state index contributed by atoms with van der Waals surface area (Å²) < 4.78 is 0. The Labute approximate surface area is 92.4 Å². The van der Waals surface area contributed by atoms with E-state index in [1.807, 2.05) is 6.92 Å². The first-order chi connectivity index (χ1) is 7.18. The van der Waals surface area contributed by atoms with Crippen molar-refractivity contribution in [2.45, 2.75) is 13.8 Å². The van der Waals surface area contributed by atoms with Crippen LogP contribution in [0.2, 0.25) is 5.15 Å². The summed E-state index contributed by atoms with van der Waals surface area (Å²) in [6, 6.07) is 0. The topological polar surface area (TPSA) is 51.6 Å². The highest BCUT2D eigenvalue weighted by Crippen LogP contribution is 2.22. The molecule has 0 atom stereocenters. The quantitative estimate of drug-likeness (QED) is 0.692. The molecule has 0 saturated carbocycles. The maximum absolute atomic E-state index is 5.97. The molecule has 2 heterocycles. The van der Waals surface area contributed by atoms with Crippen LogP contribution in [0, 0.1) is 13.8 Å². The summed E-state index contributed by atoms with van der Waals surface area (Å²) in [4.78, 5) is 16.5. The van der Waals surface area contributed by atoms with Gasteiger partial charge in [0.15, 0.2) is 0 Å². The molecular formula is C10H9ClN4. The van der Waals surface area contributed by atoms with Gasteiger partial charge in [0.2, 0.25) is 0 Å². The fraction of sp³-hybridized carbons (Fsp3) is 0.200. The minimum absolute atomic E-state index is 0.461. The Morgan fingerprint density at radius 1 is 1.13 bits per heavy atom. The van der Waals surface area contributed by atoms with Crippen LogP contribution in [0.5, 0.6) is 0 Å². The van der Waals surface area contributed by atoms with Crippen molar-refractivity contribution in [3.05, 3.63) is 35.1 Å². The molecule has 4 nitrogen and oxygen atoms in total. The van der Waals surface area contributed by atoms with Crippen LogP contribution in [0.15, 0.2) is 18.6 Å². The summed E-state index contributed by atoms with van der Waals surface area (Å²) in [5, 5.41) is 0.461. The van der Waals surface area contributed by atoms with Crippen molar-refractivity contribution in [2.24, 2.45) is 0 Å². The molecule has 0 aliphatic carbocycles. The number of halogens is 1. The predicted octanol–water partition coefficient (Wildman–Crippen LogP) is 2.20. The van der Waals surface area contributed by atoms with E-state index in [4.69, 9.17) is 11.6 Å². The molecule has 2 aromatic heterocycles. The molecule has 0 radical (unpaired) electrons. The third-order valence-electron chi connectivity index (χ3n) is 2.00. The first-order valence-electron chi connectivity index (χ1n) is 4.45. The molecule has 0 spiro atoms. The fourth-order valence-electron chi connectivity index (χ4n) is 1.27. The van der Waals surface area contributed by atoms with Crippen LogP contribution < -0.4 is 0 Å². The number of rotatable bonds is 1. The highest BCUT2D eigenvalue weighted by atomic mass is 35.5. The Kier molecular flexibility index (Phi) is 2.60. The lowest BCUT2D eigenvalue weighted by Gasteiger charge is -2.05. The summed E-state index contributed by atoms with van der Waals surface area (Å²) in [5.41, 5.74) is 2.27. The van der Waals surface area contributed by atoms with E-state index in [9.17, 15) is 0 Å². The molecule has 5 heteroatoms.